The molecule has 4 nitrogen and oxygen atoms in total. The number of amides is 1. The molecule has 1 atom stereocenters. The van der Waals surface area contributed by atoms with Crippen molar-refractivity contribution in [3.63, 3.8) is 0 Å². The Kier molecular flexibility index (Phi) is 6.15. The van der Waals surface area contributed by atoms with Crippen LogP contribution >= 0.6 is 12.2 Å². The standard InChI is InChI=1S/C16H24N2O2S/c1-11(16(2,3)4)8-15(19)18-12-6-5-7-13(9-12)20-10-14(17)21/h5-7,9,11H,8,10H2,1-4H3,(H2,17,21)(H,18,19). The zero-order valence-corrected chi connectivity index (χ0v) is 13.9. The third kappa shape index (κ3) is 6.58. The van der Waals surface area contributed by atoms with E-state index in [1.54, 1.807) is 12.1 Å². The lowest BCUT2D eigenvalue weighted by Crippen LogP contribution is -2.24. The fourth-order valence-electron chi connectivity index (χ4n) is 1.61. The van der Waals surface area contributed by atoms with Crippen molar-refractivity contribution < 1.29 is 9.53 Å². The van der Waals surface area contributed by atoms with Gasteiger partial charge < -0.3 is 15.8 Å². The zero-order valence-electron chi connectivity index (χ0n) is 13.1. The maximum atomic E-state index is 12.1. The predicted molar refractivity (Wildman–Crippen MR) is 90.6 cm³/mol. The number of hydrogen-bond donors (Lipinski definition) is 2. The number of thiocarbonyl (C=S) groups is 1. The Morgan fingerprint density at radius 3 is 2.67 bits per heavy atom. The van der Waals surface area contributed by atoms with Gasteiger partial charge in [-0.2, -0.15) is 0 Å². The summed E-state index contributed by atoms with van der Waals surface area (Å²) in [6.45, 7) is 8.68. The van der Waals surface area contributed by atoms with Gasteiger partial charge in [0.05, 0.1) is 0 Å². The molecule has 1 aromatic carbocycles. The maximum Gasteiger partial charge on any atom is 0.224 e. The summed E-state index contributed by atoms with van der Waals surface area (Å²) in [4.78, 5) is 12.3. The summed E-state index contributed by atoms with van der Waals surface area (Å²) in [5.41, 5.74) is 6.21. The van der Waals surface area contributed by atoms with Gasteiger partial charge in [-0.15, -0.1) is 0 Å². The first-order valence-electron chi connectivity index (χ1n) is 6.99. The number of nitrogens with two attached hydrogens (primary N) is 1. The minimum absolute atomic E-state index is 0.00363. The number of rotatable bonds is 6. The van der Waals surface area contributed by atoms with Gasteiger partial charge in [0.15, 0.2) is 0 Å². The quantitative estimate of drug-likeness (QED) is 0.791. The monoisotopic (exact) mass is 308 g/mol. The molecule has 0 aliphatic heterocycles. The van der Waals surface area contributed by atoms with E-state index in [0.29, 0.717) is 28.8 Å². The molecular weight excluding hydrogens is 284 g/mol. The molecule has 5 heteroatoms. The molecule has 0 heterocycles. The number of hydrogen-bond acceptors (Lipinski definition) is 3. The van der Waals surface area contributed by atoms with E-state index in [1.165, 1.54) is 0 Å². The molecule has 21 heavy (non-hydrogen) atoms. The van der Waals surface area contributed by atoms with Crippen molar-refractivity contribution in [1.29, 1.82) is 0 Å². The summed E-state index contributed by atoms with van der Waals surface area (Å²) in [7, 11) is 0. The Labute approximate surface area is 132 Å². The number of carbonyl (C=O) groups excluding carboxylic acids is 1. The Morgan fingerprint density at radius 2 is 2.10 bits per heavy atom. The Hall–Kier alpha value is -1.62. The molecule has 0 aromatic heterocycles. The largest absolute Gasteiger partial charge is 0.486 e. The van der Waals surface area contributed by atoms with Crippen LogP contribution < -0.4 is 15.8 Å². The van der Waals surface area contributed by atoms with E-state index in [9.17, 15) is 4.79 Å². The van der Waals surface area contributed by atoms with Gasteiger partial charge in [0.1, 0.15) is 17.3 Å². The van der Waals surface area contributed by atoms with Crippen LogP contribution in [0.25, 0.3) is 0 Å². The average molecular weight is 308 g/mol. The lowest BCUT2D eigenvalue weighted by Gasteiger charge is -2.26. The molecule has 3 N–H and O–H groups in total. The fraction of sp³-hybridized carbons (Fsp3) is 0.500. The topological polar surface area (TPSA) is 64.3 Å². The summed E-state index contributed by atoms with van der Waals surface area (Å²) in [5, 5.41) is 2.89. The van der Waals surface area contributed by atoms with Crippen molar-refractivity contribution in [2.45, 2.75) is 34.1 Å². The highest BCUT2D eigenvalue weighted by atomic mass is 32.1. The molecule has 0 spiro atoms. The normalized spacial score (nSPS) is 12.6. The van der Waals surface area contributed by atoms with Gasteiger partial charge in [-0.05, 0) is 23.5 Å². The fourth-order valence-corrected chi connectivity index (χ4v) is 1.67. The first-order valence-corrected chi connectivity index (χ1v) is 7.40. The van der Waals surface area contributed by atoms with Crippen LogP contribution in [0.5, 0.6) is 5.75 Å². The Morgan fingerprint density at radius 1 is 1.43 bits per heavy atom. The van der Waals surface area contributed by atoms with Crippen LogP contribution in [0.2, 0.25) is 0 Å². The van der Waals surface area contributed by atoms with Gasteiger partial charge in [0.2, 0.25) is 5.91 Å². The second kappa shape index (κ2) is 7.41. The lowest BCUT2D eigenvalue weighted by atomic mass is 9.80. The van der Waals surface area contributed by atoms with Crippen LogP contribution in [-0.4, -0.2) is 17.5 Å². The molecule has 1 aromatic rings. The first kappa shape index (κ1) is 17.4. The molecule has 1 amide bonds. The SMILES string of the molecule is CC(CC(=O)Nc1cccc(OCC(N)=S)c1)C(C)(C)C. The van der Waals surface area contributed by atoms with E-state index < -0.39 is 0 Å². The summed E-state index contributed by atoms with van der Waals surface area (Å²) < 4.78 is 5.41. The molecular formula is C16H24N2O2S. The van der Waals surface area contributed by atoms with E-state index >= 15 is 0 Å². The summed E-state index contributed by atoms with van der Waals surface area (Å²) in [5.74, 6) is 0.930. The Balaban J connectivity index is 2.60. The van der Waals surface area contributed by atoms with Crippen LogP contribution in [-0.2, 0) is 4.79 Å². The van der Waals surface area contributed by atoms with E-state index in [2.05, 4.69) is 33.0 Å². The van der Waals surface area contributed by atoms with Gasteiger partial charge in [0.25, 0.3) is 0 Å². The molecule has 0 aliphatic rings. The summed E-state index contributed by atoms with van der Waals surface area (Å²) in [6, 6.07) is 7.20. The zero-order chi connectivity index (χ0) is 16.0. The van der Waals surface area contributed by atoms with Gasteiger partial charge >= 0.3 is 0 Å². The summed E-state index contributed by atoms with van der Waals surface area (Å²) in [6.07, 6.45) is 0.488. The predicted octanol–water partition coefficient (Wildman–Crippen LogP) is 3.36. The molecule has 116 valence electrons. The van der Waals surface area contributed by atoms with Gasteiger partial charge in [-0.25, -0.2) is 0 Å². The third-order valence-corrected chi connectivity index (χ3v) is 3.59. The molecule has 0 aliphatic carbocycles. The highest BCUT2D eigenvalue weighted by molar-refractivity contribution is 7.80. The molecule has 0 fully saturated rings. The minimum Gasteiger partial charge on any atom is -0.486 e. The van der Waals surface area contributed by atoms with Crippen LogP contribution in [0.4, 0.5) is 5.69 Å². The number of nitrogens with one attached hydrogen (secondary N) is 1. The molecule has 1 unspecified atom stereocenters. The molecule has 1 rings (SSSR count). The van der Waals surface area contributed by atoms with Crippen LogP contribution in [0.1, 0.15) is 34.1 Å². The highest BCUT2D eigenvalue weighted by Crippen LogP contribution is 2.28. The van der Waals surface area contributed by atoms with Crippen molar-refractivity contribution >= 4 is 28.8 Å². The smallest absolute Gasteiger partial charge is 0.224 e. The van der Waals surface area contributed by atoms with E-state index in [0.717, 1.165) is 0 Å². The van der Waals surface area contributed by atoms with E-state index in [1.807, 2.05) is 12.1 Å². The average Bonchev–Trinajstić information content (AvgIpc) is 2.35. The van der Waals surface area contributed by atoms with Gasteiger partial charge in [0, 0.05) is 18.2 Å². The van der Waals surface area contributed by atoms with Crippen LogP contribution in [0, 0.1) is 11.3 Å². The van der Waals surface area contributed by atoms with Gasteiger partial charge in [-0.1, -0.05) is 46.0 Å². The number of carbonyl (C=O) groups is 1. The molecule has 0 saturated heterocycles. The Bertz CT molecular complexity index is 509. The first-order chi connectivity index (χ1) is 9.68. The molecule has 0 saturated carbocycles. The maximum absolute atomic E-state index is 12.1. The van der Waals surface area contributed by atoms with Crippen molar-refractivity contribution in [3.05, 3.63) is 24.3 Å². The molecule has 0 bridgehead atoms. The van der Waals surface area contributed by atoms with Crippen molar-refractivity contribution in [1.82, 2.24) is 0 Å². The van der Waals surface area contributed by atoms with Crippen LogP contribution in [0.15, 0.2) is 24.3 Å². The number of ether oxygens (including phenoxy) is 1. The lowest BCUT2D eigenvalue weighted by molar-refractivity contribution is -0.117. The second-order valence-electron chi connectivity index (χ2n) is 6.30. The molecule has 0 radical (unpaired) electrons. The van der Waals surface area contributed by atoms with Crippen LogP contribution in [0.3, 0.4) is 0 Å². The second-order valence-corrected chi connectivity index (χ2v) is 6.83. The number of anilines is 1. The highest BCUT2D eigenvalue weighted by Gasteiger charge is 2.22. The van der Waals surface area contributed by atoms with Crippen molar-refractivity contribution in [3.8, 4) is 5.75 Å². The van der Waals surface area contributed by atoms with Crippen molar-refractivity contribution in [2.24, 2.45) is 17.1 Å². The van der Waals surface area contributed by atoms with E-state index in [-0.39, 0.29) is 17.9 Å². The number of benzene rings is 1. The van der Waals surface area contributed by atoms with Crippen molar-refractivity contribution in [2.75, 3.05) is 11.9 Å². The summed E-state index contributed by atoms with van der Waals surface area (Å²) >= 11 is 4.76. The van der Waals surface area contributed by atoms with Gasteiger partial charge in [-0.3, -0.25) is 4.79 Å². The van der Waals surface area contributed by atoms with E-state index in [4.69, 9.17) is 22.7 Å². The minimum atomic E-state index is 0.00363. The third-order valence-electron chi connectivity index (χ3n) is 3.47.